The second-order valence-corrected chi connectivity index (χ2v) is 42.5. The van der Waals surface area contributed by atoms with Gasteiger partial charge in [0, 0.05) is 135 Å². The number of hydrogen-bond donors (Lipinski definition) is 0. The smallest absolute Gasteiger partial charge is 0.333 e. The molecule has 0 aliphatic heterocycles. The zero-order chi connectivity index (χ0) is 74.2. The Morgan fingerprint density at radius 2 is 0.415 bits per heavy atom. The maximum Gasteiger partial charge on any atom is 0.359 e. The molecule has 0 aliphatic rings. The summed E-state index contributed by atoms with van der Waals surface area (Å²) in [6, 6.07) is 0. The number of benzene rings is 5. The van der Waals surface area contributed by atoms with Gasteiger partial charge in [0.25, 0.3) is 0 Å². The Kier molecular flexibility index (Phi) is 33.2. The average molecular weight is 1430 g/mol. The summed E-state index contributed by atoms with van der Waals surface area (Å²) in [6.45, 7) is 94.9. The average Bonchev–Trinajstić information content (AvgIpc) is 0.732. The van der Waals surface area contributed by atoms with Crippen LogP contribution in [0.15, 0.2) is 4.42 Å². The molecular weight excluding hydrogens is 1290 g/mol. The molecule has 0 radical (unpaired) electrons. The van der Waals surface area contributed by atoms with Crippen molar-refractivity contribution in [2.75, 3.05) is 74.8 Å². The van der Waals surface area contributed by atoms with Crippen LogP contribution >= 0.6 is 15.2 Å². The molecule has 6 heteroatoms. The van der Waals surface area contributed by atoms with Crippen LogP contribution in [0.2, 0.25) is 0 Å². The molecule has 0 N–H and O–H groups in total. The number of aryl methyl sites for hydroxylation is 2. The first kappa shape index (κ1) is 87.8. The molecule has 0 bridgehead atoms. The minimum Gasteiger partial charge on any atom is -0.333 e. The van der Waals surface area contributed by atoms with Crippen molar-refractivity contribution < 1.29 is 34.7 Å². The van der Waals surface area contributed by atoms with E-state index in [2.05, 4.69) is 315 Å². The van der Waals surface area contributed by atoms with Crippen LogP contribution in [-0.2, 0) is 7.05 Å². The Hall–Kier alpha value is -4.18. The molecule has 0 amide bonds. The number of halogens is 1. The molecule has 0 aliphatic carbocycles. The van der Waals surface area contributed by atoms with E-state index in [1.165, 1.54) is 206 Å². The number of nitrogens with zero attached hydrogens (tertiary/aromatic N) is 2. The monoisotopic (exact) mass is 1430 g/mol. The summed E-state index contributed by atoms with van der Waals surface area (Å²) >= 11 is -0.151. The predicted octanol–water partition coefficient (Wildman–Crippen LogP) is 20.3. The van der Waals surface area contributed by atoms with Crippen LogP contribution in [0.25, 0.3) is 0 Å². The van der Waals surface area contributed by atoms with E-state index in [1.54, 1.807) is 7.14 Å². The third-order valence-electron chi connectivity index (χ3n) is 21.5. The van der Waals surface area contributed by atoms with Gasteiger partial charge in [-0.15, -0.1) is 0 Å². The van der Waals surface area contributed by atoms with E-state index in [9.17, 15) is 0 Å². The van der Waals surface area contributed by atoms with Crippen LogP contribution in [0.4, 0.5) is 0 Å². The van der Waals surface area contributed by atoms with Gasteiger partial charge >= 0.3 is 32.7 Å². The molecule has 2 aromatic heterocycles. The van der Waals surface area contributed by atoms with Gasteiger partial charge in [0.05, 0.1) is 75.8 Å². The van der Waals surface area contributed by atoms with Gasteiger partial charge in [0.15, 0.2) is 11.4 Å². The number of pyridine rings is 1. The zero-order valence-electron chi connectivity index (χ0n) is 70.1. The fourth-order valence-corrected chi connectivity index (χ4v) is 15.8. The molecule has 0 atom stereocenters. The third-order valence-corrected chi connectivity index (χ3v) is 25.8. The minimum absolute atomic E-state index is 0.120. The summed E-state index contributed by atoms with van der Waals surface area (Å²) in [5, 5.41) is 0. The molecule has 520 valence electrons. The number of rotatable bonds is 5. The van der Waals surface area contributed by atoms with E-state index in [1.807, 2.05) is 13.8 Å². The van der Waals surface area contributed by atoms with E-state index >= 15 is 0 Å². The van der Waals surface area contributed by atoms with Crippen molar-refractivity contribution in [2.24, 2.45) is 7.05 Å². The van der Waals surface area contributed by atoms with Crippen LogP contribution in [0.1, 0.15) is 212 Å². The molecular formula is C88H142IN2OP2+7. The number of aromatic nitrogens is 1. The summed E-state index contributed by atoms with van der Waals surface area (Å²) in [5.74, 6) is 3.50. The summed E-state index contributed by atoms with van der Waals surface area (Å²) in [6.07, 6.45) is 0. The van der Waals surface area contributed by atoms with Crippen LogP contribution in [0, 0.1) is 255 Å². The Balaban J connectivity index is 0.000000630. The highest BCUT2D eigenvalue weighted by Crippen LogP contribution is 2.46. The fourth-order valence-electron chi connectivity index (χ4n) is 12.1. The number of quaternary nitrogens is 1. The van der Waals surface area contributed by atoms with E-state index in [0.717, 1.165) is 16.0 Å². The molecule has 94 heavy (non-hydrogen) atoms. The highest BCUT2D eigenvalue weighted by Gasteiger charge is 2.37. The molecule has 3 nitrogen and oxygen atoms in total. The lowest BCUT2D eigenvalue weighted by atomic mass is 9.70. The van der Waals surface area contributed by atoms with Crippen molar-refractivity contribution in [3.05, 3.63) is 225 Å². The van der Waals surface area contributed by atoms with Crippen molar-refractivity contribution in [1.29, 1.82) is 0 Å². The molecule has 0 saturated heterocycles. The summed E-state index contributed by atoms with van der Waals surface area (Å²) in [4.78, 5) is 0. The Bertz CT molecular complexity index is 3350. The maximum atomic E-state index is 5.52. The normalized spacial score (nSPS) is 11.1. The SMILES string of the molecule is C[N+](C)(C)C.C[P+](C)(C)C.C[PH+](C)C.Cc1[o+]c(C)c(C)c(C)c1C.Cc1c(C)c(C)[n+](C)c(C)c1C.Cc1c(C)c(C)c([C+](c2c(C)c(C)c(C)c(C)c2C)c2c(C)c(C)c(C)c(C)c2C)c(C)c1C.Cc1c(C)c(C)c([I+]c2c(C)c(C)c(C)c(C)c2C)c(C)c1C. The minimum atomic E-state index is -0.389. The summed E-state index contributed by atoms with van der Waals surface area (Å²) in [7, 11) is 10.4. The largest absolute Gasteiger partial charge is 0.359 e. The van der Waals surface area contributed by atoms with Gasteiger partial charge in [-0.05, 0) is 317 Å². The Morgan fingerprint density at radius 1 is 0.277 bits per heavy atom. The van der Waals surface area contributed by atoms with Gasteiger partial charge in [-0.25, -0.2) is 8.98 Å². The van der Waals surface area contributed by atoms with Gasteiger partial charge in [-0.3, -0.25) is 0 Å². The lowest BCUT2D eigenvalue weighted by molar-refractivity contribution is -0.849. The van der Waals surface area contributed by atoms with Gasteiger partial charge in [-0.1, -0.05) is 0 Å². The lowest BCUT2D eigenvalue weighted by Crippen LogP contribution is -3.62. The highest BCUT2D eigenvalue weighted by molar-refractivity contribution is 7.73. The molecule has 2 heterocycles. The first-order valence-corrected chi connectivity index (χ1v) is 43.2. The second-order valence-electron chi connectivity index (χ2n) is 31.4. The lowest BCUT2D eigenvalue weighted by Gasteiger charge is -2.29. The number of hydrogen-bond acceptors (Lipinski definition) is 0. The molecule has 0 fully saturated rings. The third kappa shape index (κ3) is 21.4. The molecule has 7 rings (SSSR count). The van der Waals surface area contributed by atoms with Crippen molar-refractivity contribution >= 4 is 15.2 Å². The van der Waals surface area contributed by atoms with E-state index < -0.39 is 0 Å². The first-order valence-electron chi connectivity index (χ1n) is 34.5. The Labute approximate surface area is 595 Å². The van der Waals surface area contributed by atoms with Crippen molar-refractivity contribution in [2.45, 2.75) is 242 Å². The van der Waals surface area contributed by atoms with E-state index in [0.29, 0.717) is 0 Å². The second kappa shape index (κ2) is 35.5. The predicted molar refractivity (Wildman–Crippen MR) is 427 cm³/mol. The van der Waals surface area contributed by atoms with Gasteiger partial charge in [0.1, 0.15) is 7.05 Å². The topological polar surface area (TPSA) is 15.2 Å². The molecule has 0 saturated carbocycles. The van der Waals surface area contributed by atoms with Crippen LogP contribution < -0.4 is 25.8 Å². The molecule has 5 aromatic carbocycles. The summed E-state index contributed by atoms with van der Waals surface area (Å²) in [5.41, 5.74) is 51.5. The summed E-state index contributed by atoms with van der Waals surface area (Å²) < 4.78 is 12.1. The van der Waals surface area contributed by atoms with E-state index in [-0.39, 0.29) is 36.4 Å². The van der Waals surface area contributed by atoms with Crippen LogP contribution in [-0.4, -0.2) is 79.3 Å². The van der Waals surface area contributed by atoms with E-state index in [4.69, 9.17) is 4.42 Å². The highest BCUT2D eigenvalue weighted by atomic mass is 127. The maximum absolute atomic E-state index is 5.52. The van der Waals surface area contributed by atoms with Crippen molar-refractivity contribution in [1.82, 2.24) is 0 Å². The molecule has 7 aromatic rings. The molecule has 0 unspecified atom stereocenters. The van der Waals surface area contributed by atoms with Gasteiger partial charge in [-0.2, -0.15) is 0 Å². The van der Waals surface area contributed by atoms with Gasteiger partial charge < -0.3 is 4.48 Å². The van der Waals surface area contributed by atoms with Crippen molar-refractivity contribution in [3.8, 4) is 0 Å². The Morgan fingerprint density at radius 3 is 0.596 bits per heavy atom. The molecule has 0 spiro atoms. The van der Waals surface area contributed by atoms with Crippen molar-refractivity contribution in [3.63, 3.8) is 0 Å². The zero-order valence-corrected chi connectivity index (χ0v) is 74.2. The quantitative estimate of drug-likeness (QED) is 0.0319. The standard InChI is InChI=1S/C34H45.C22H30I.C11H18N.C10H15O.C4H12N.C4H12P.C3H9P/c1-16-19(4)25(10)31(26(11)20(16)5)34(32-27(12)21(6)17(2)22(7)28(32)13)33-29(14)23(8)18(3)24(9)30(33)15;1-11-13(3)17(7)21(18(8)14(11)4)23-22-19(9)15(5)12(2)16(6)20(22)10;1-7-8(2)10(4)12(6)11(5)9(7)3;1-6-7(2)9(4)11-10(5)8(6)3;2*1-5(2,3)4;1-4(2)3/h1-15H3;1-10H3;1-6H3;1-5H3;2*1-4H3;1-3H3/q6*+1;/p+1. The van der Waals surface area contributed by atoms with Crippen LogP contribution in [0.5, 0.6) is 0 Å². The fraction of sp³-hybridized carbons (Fsp3) is 0.534. The first-order chi connectivity index (χ1) is 42.5. The van der Waals surface area contributed by atoms with Crippen LogP contribution in [0.3, 0.4) is 0 Å². The van der Waals surface area contributed by atoms with Gasteiger partial charge in [0.2, 0.25) is 7.14 Å².